The van der Waals surface area contributed by atoms with E-state index in [2.05, 4.69) is 46.9 Å². The van der Waals surface area contributed by atoms with Gasteiger partial charge in [0.25, 0.3) is 0 Å². The molecule has 5 atom stereocenters. The topological polar surface area (TPSA) is 88.8 Å². The van der Waals surface area contributed by atoms with E-state index < -0.39 is 25.4 Å². The van der Waals surface area contributed by atoms with Gasteiger partial charge in [-0.1, -0.05) is 27.7 Å². The van der Waals surface area contributed by atoms with E-state index in [0.29, 0.717) is 38.9 Å². The molecule has 1 saturated heterocycles. The first-order valence-electron chi connectivity index (χ1n) is 13.0. The molecule has 198 valence electrons. The molecule has 0 aromatic heterocycles. The Morgan fingerprint density at radius 2 is 1.85 bits per heavy atom. The maximum Gasteiger partial charge on any atom is 0.311 e. The lowest BCUT2D eigenvalue weighted by Gasteiger charge is -2.49. The van der Waals surface area contributed by atoms with Crippen molar-refractivity contribution in [3.8, 4) is 6.07 Å². The van der Waals surface area contributed by atoms with E-state index in [1.165, 1.54) is 0 Å². The van der Waals surface area contributed by atoms with E-state index in [9.17, 15) is 15.2 Å². The zero-order chi connectivity index (χ0) is 26.4. The highest BCUT2D eigenvalue weighted by Crippen LogP contribution is 2.43. The summed E-state index contributed by atoms with van der Waals surface area (Å²) in [5.41, 5.74) is -1.11. The minimum Gasteiger partial charge on any atom is -0.465 e. The van der Waals surface area contributed by atoms with E-state index in [-0.39, 0.29) is 28.9 Å². The minimum atomic E-state index is -2.01. The number of carbonyl (C=O) groups excluding carboxylic acids is 1. The second-order valence-corrected chi connectivity index (χ2v) is 17.8. The van der Waals surface area contributed by atoms with Gasteiger partial charge in [-0.15, -0.1) is 0 Å². The molecule has 4 unspecified atom stereocenters. The van der Waals surface area contributed by atoms with Crippen LogP contribution >= 0.6 is 0 Å². The van der Waals surface area contributed by atoms with Gasteiger partial charge >= 0.3 is 5.97 Å². The predicted octanol–water partition coefficient (Wildman–Crippen LogP) is 6.23. The van der Waals surface area contributed by atoms with Crippen molar-refractivity contribution in [3.63, 3.8) is 0 Å². The monoisotopic (exact) mass is 497 g/mol. The molecule has 0 aromatic carbocycles. The Kier molecular flexibility index (Phi) is 11.3. The molecule has 1 rings (SSSR count). The summed E-state index contributed by atoms with van der Waals surface area (Å²) >= 11 is 0. The van der Waals surface area contributed by atoms with Crippen molar-refractivity contribution >= 4 is 14.3 Å². The summed E-state index contributed by atoms with van der Waals surface area (Å²) in [6.45, 7) is 21.5. The van der Waals surface area contributed by atoms with Crippen molar-refractivity contribution < 1.29 is 23.8 Å². The van der Waals surface area contributed by atoms with Crippen LogP contribution in [-0.4, -0.2) is 50.4 Å². The van der Waals surface area contributed by atoms with Crippen LogP contribution in [0.3, 0.4) is 0 Å². The molecule has 1 N–H and O–H groups in total. The van der Waals surface area contributed by atoms with Crippen LogP contribution < -0.4 is 0 Å². The van der Waals surface area contributed by atoms with Crippen molar-refractivity contribution in [1.29, 1.82) is 5.26 Å². The lowest BCUT2D eigenvalue weighted by Crippen LogP contribution is -2.55. The molecule has 0 bridgehead atoms. The highest BCUT2D eigenvalue weighted by Gasteiger charge is 2.47. The van der Waals surface area contributed by atoms with E-state index >= 15 is 0 Å². The fourth-order valence-electron chi connectivity index (χ4n) is 4.02. The van der Waals surface area contributed by atoms with Gasteiger partial charge in [-0.05, 0) is 83.8 Å². The molecule has 0 amide bonds. The number of carbonyl (C=O) groups is 1. The molecule has 1 fully saturated rings. The predicted molar refractivity (Wildman–Crippen MR) is 139 cm³/mol. The average Bonchev–Trinajstić information content (AvgIpc) is 2.70. The van der Waals surface area contributed by atoms with E-state index in [0.717, 1.165) is 12.8 Å². The summed E-state index contributed by atoms with van der Waals surface area (Å²) in [7, 11) is -2.01. The van der Waals surface area contributed by atoms with Gasteiger partial charge in [0, 0.05) is 12.3 Å². The van der Waals surface area contributed by atoms with Crippen LogP contribution in [0.4, 0.5) is 0 Å². The maximum absolute atomic E-state index is 12.0. The zero-order valence-electron chi connectivity index (χ0n) is 23.5. The molecule has 1 aliphatic heterocycles. The van der Waals surface area contributed by atoms with Crippen LogP contribution in [0.2, 0.25) is 18.1 Å². The lowest BCUT2D eigenvalue weighted by atomic mass is 9.77. The van der Waals surface area contributed by atoms with Crippen LogP contribution in [0.1, 0.15) is 93.9 Å². The fraction of sp³-hybridized carbons (Fsp3) is 0.926. The van der Waals surface area contributed by atoms with Crippen LogP contribution in [0.15, 0.2) is 0 Å². The highest BCUT2D eigenvalue weighted by molar-refractivity contribution is 6.74. The largest absolute Gasteiger partial charge is 0.465 e. The molecule has 1 heterocycles. The number of hydrogen-bond acceptors (Lipinski definition) is 6. The number of nitriles is 1. The SMILES string of the molecule is CC1CCC(C[C@@H](C)C#N)OC1(CO[Si](C)(C)C(C)(C)C)CC(O)CCCOC(=O)C(C)(C)C. The van der Waals surface area contributed by atoms with Gasteiger partial charge in [0.15, 0.2) is 8.32 Å². The third-order valence-corrected chi connectivity index (χ3v) is 12.1. The Balaban J connectivity index is 2.92. The number of ether oxygens (including phenoxy) is 2. The van der Waals surface area contributed by atoms with Crippen molar-refractivity contribution in [2.45, 2.75) is 130 Å². The second-order valence-electron chi connectivity index (χ2n) is 13.0. The lowest BCUT2D eigenvalue weighted by molar-refractivity contribution is -0.193. The smallest absolute Gasteiger partial charge is 0.311 e. The normalized spacial score (nSPS) is 25.9. The third kappa shape index (κ3) is 9.26. The Hall–Kier alpha value is -0.943. The minimum absolute atomic E-state index is 0.00574. The first kappa shape index (κ1) is 31.1. The summed E-state index contributed by atoms with van der Waals surface area (Å²) in [5, 5.41) is 20.4. The summed E-state index contributed by atoms with van der Waals surface area (Å²) in [4.78, 5) is 12.0. The summed E-state index contributed by atoms with van der Waals surface area (Å²) in [5.74, 6) is -0.0564. The number of aliphatic hydroxyl groups is 1. The Bertz CT molecular complexity index is 691. The highest BCUT2D eigenvalue weighted by atomic mass is 28.4. The molecule has 0 saturated carbocycles. The van der Waals surface area contributed by atoms with E-state index in [1.807, 2.05) is 27.7 Å². The van der Waals surface area contributed by atoms with Gasteiger partial charge < -0.3 is 19.0 Å². The molecule has 0 aromatic rings. The number of rotatable bonds is 11. The summed E-state index contributed by atoms with van der Waals surface area (Å²) in [6, 6.07) is 2.33. The molecule has 0 radical (unpaired) electrons. The van der Waals surface area contributed by atoms with E-state index in [1.54, 1.807) is 0 Å². The molecule has 0 spiro atoms. The first-order chi connectivity index (χ1) is 15.4. The van der Waals surface area contributed by atoms with Gasteiger partial charge in [-0.2, -0.15) is 5.26 Å². The number of esters is 1. The first-order valence-corrected chi connectivity index (χ1v) is 15.9. The van der Waals surface area contributed by atoms with Gasteiger partial charge in [0.1, 0.15) is 0 Å². The Labute approximate surface area is 209 Å². The van der Waals surface area contributed by atoms with Crippen LogP contribution in [-0.2, 0) is 18.7 Å². The van der Waals surface area contributed by atoms with Crippen molar-refractivity contribution in [3.05, 3.63) is 0 Å². The molecule has 6 nitrogen and oxygen atoms in total. The number of nitrogens with zero attached hydrogens (tertiary/aromatic N) is 1. The molecule has 1 aliphatic rings. The molecular formula is C27H51NO5Si. The van der Waals surface area contributed by atoms with Crippen LogP contribution in [0.25, 0.3) is 0 Å². The van der Waals surface area contributed by atoms with E-state index in [4.69, 9.17) is 13.9 Å². The standard InChI is InChI=1S/C27H51NO5Si/c1-20(18-28)16-23-14-13-21(2)27(33-23,19-32-34(9,10)26(6,7)8)17-22(29)12-11-15-31-24(30)25(3,4)5/h20-23,29H,11-17,19H2,1-10H3/t20-,21?,22?,23?,27?/m1/s1. The van der Waals surface area contributed by atoms with Gasteiger partial charge in [-0.25, -0.2) is 0 Å². The van der Waals surface area contributed by atoms with Gasteiger partial charge in [0.2, 0.25) is 0 Å². The molecule has 7 heteroatoms. The number of aliphatic hydroxyl groups excluding tert-OH is 1. The van der Waals surface area contributed by atoms with Crippen molar-refractivity contribution in [2.24, 2.45) is 17.3 Å². The quantitative estimate of drug-likeness (QED) is 0.207. The van der Waals surface area contributed by atoms with Crippen LogP contribution in [0, 0.1) is 28.6 Å². The molecule has 34 heavy (non-hydrogen) atoms. The number of hydrogen-bond donors (Lipinski definition) is 1. The van der Waals surface area contributed by atoms with Gasteiger partial charge in [0.05, 0.1) is 42.5 Å². The fourth-order valence-corrected chi connectivity index (χ4v) is 5.06. The zero-order valence-corrected chi connectivity index (χ0v) is 24.5. The third-order valence-electron chi connectivity index (χ3n) is 7.65. The summed E-state index contributed by atoms with van der Waals surface area (Å²) in [6.07, 6.45) is 3.64. The van der Waals surface area contributed by atoms with Crippen molar-refractivity contribution in [1.82, 2.24) is 0 Å². The average molecular weight is 498 g/mol. The second kappa shape index (κ2) is 12.3. The van der Waals surface area contributed by atoms with Crippen molar-refractivity contribution in [2.75, 3.05) is 13.2 Å². The maximum atomic E-state index is 12.0. The molecular weight excluding hydrogens is 446 g/mol. The Morgan fingerprint density at radius 1 is 1.24 bits per heavy atom. The van der Waals surface area contributed by atoms with Crippen LogP contribution in [0.5, 0.6) is 0 Å². The Morgan fingerprint density at radius 3 is 2.38 bits per heavy atom. The molecule has 0 aliphatic carbocycles. The van der Waals surface area contributed by atoms with Gasteiger partial charge in [-0.3, -0.25) is 4.79 Å². The summed E-state index contributed by atoms with van der Waals surface area (Å²) < 4.78 is 18.7.